The van der Waals surface area contributed by atoms with Crippen LogP contribution in [-0.2, 0) is 13.1 Å². The number of nitrogens with zero attached hydrogens (tertiary/aromatic N) is 3. The highest BCUT2D eigenvalue weighted by Crippen LogP contribution is 2.19. The van der Waals surface area contributed by atoms with Crippen LogP contribution in [0.4, 0.5) is 5.69 Å². The molecule has 1 heterocycles. The number of anilines is 1. The van der Waals surface area contributed by atoms with E-state index < -0.39 is 0 Å². The third-order valence-electron chi connectivity index (χ3n) is 5.74. The maximum Gasteiger partial charge on any atom is 0.191 e. The van der Waals surface area contributed by atoms with Crippen molar-refractivity contribution in [1.29, 1.82) is 0 Å². The molecule has 1 aliphatic heterocycles. The molecule has 0 bridgehead atoms. The Hall–Kier alpha value is -2.53. The highest BCUT2D eigenvalue weighted by atomic mass is 15.2. The van der Waals surface area contributed by atoms with Gasteiger partial charge in [0.2, 0.25) is 0 Å². The fraction of sp³-hybridized carbons (Fsp3) is 0.458. The molecule has 1 atom stereocenters. The summed E-state index contributed by atoms with van der Waals surface area (Å²) in [7, 11) is 4.02. The summed E-state index contributed by atoms with van der Waals surface area (Å²) in [5.74, 6) is 0.872. The lowest BCUT2D eigenvalue weighted by Crippen LogP contribution is -2.44. The first-order chi connectivity index (χ1) is 14.1. The number of benzene rings is 2. The van der Waals surface area contributed by atoms with E-state index in [1.165, 1.54) is 16.8 Å². The van der Waals surface area contributed by atoms with Gasteiger partial charge in [-0.25, -0.2) is 0 Å². The molecule has 29 heavy (non-hydrogen) atoms. The van der Waals surface area contributed by atoms with Crippen molar-refractivity contribution in [1.82, 2.24) is 15.5 Å². The largest absolute Gasteiger partial charge is 0.369 e. The number of rotatable bonds is 7. The van der Waals surface area contributed by atoms with Crippen LogP contribution in [0.25, 0.3) is 0 Å². The monoisotopic (exact) mass is 393 g/mol. The molecule has 0 radical (unpaired) electrons. The molecule has 2 aromatic rings. The lowest BCUT2D eigenvalue weighted by Gasteiger charge is -2.23. The van der Waals surface area contributed by atoms with Crippen LogP contribution in [-0.4, -0.2) is 50.1 Å². The highest BCUT2D eigenvalue weighted by molar-refractivity contribution is 5.80. The zero-order valence-corrected chi connectivity index (χ0v) is 18.2. The molecular formula is C24H35N5. The zero-order chi connectivity index (χ0) is 20.6. The van der Waals surface area contributed by atoms with Crippen molar-refractivity contribution in [3.8, 4) is 0 Å². The SMILES string of the molecule is CN=C(NCc1ccccc1CN(C)C(C)C)NC1CCN(c2ccccc2)C1. The summed E-state index contributed by atoms with van der Waals surface area (Å²) in [5, 5.41) is 7.11. The Morgan fingerprint density at radius 1 is 1.10 bits per heavy atom. The van der Waals surface area contributed by atoms with Gasteiger partial charge >= 0.3 is 0 Å². The molecule has 1 unspecified atom stereocenters. The first kappa shape index (κ1) is 21.2. The van der Waals surface area contributed by atoms with E-state index in [9.17, 15) is 0 Å². The van der Waals surface area contributed by atoms with Crippen molar-refractivity contribution in [3.05, 3.63) is 65.7 Å². The van der Waals surface area contributed by atoms with Gasteiger partial charge in [0.05, 0.1) is 0 Å². The average Bonchev–Trinajstić information content (AvgIpc) is 3.21. The van der Waals surface area contributed by atoms with Gasteiger partial charge in [0.15, 0.2) is 5.96 Å². The maximum absolute atomic E-state index is 4.45. The number of nitrogens with one attached hydrogen (secondary N) is 2. The zero-order valence-electron chi connectivity index (χ0n) is 18.2. The van der Waals surface area contributed by atoms with Crippen LogP contribution in [0.15, 0.2) is 59.6 Å². The van der Waals surface area contributed by atoms with Crippen LogP contribution in [0.3, 0.4) is 0 Å². The summed E-state index contributed by atoms with van der Waals surface area (Å²) in [6.45, 7) is 8.26. The van der Waals surface area contributed by atoms with Crippen molar-refractivity contribution in [3.63, 3.8) is 0 Å². The van der Waals surface area contributed by atoms with Crippen LogP contribution >= 0.6 is 0 Å². The Morgan fingerprint density at radius 3 is 2.48 bits per heavy atom. The molecule has 5 nitrogen and oxygen atoms in total. The summed E-state index contributed by atoms with van der Waals surface area (Å²) < 4.78 is 0. The van der Waals surface area contributed by atoms with Crippen LogP contribution in [0, 0.1) is 0 Å². The minimum atomic E-state index is 0.406. The van der Waals surface area contributed by atoms with Crippen molar-refractivity contribution >= 4 is 11.6 Å². The van der Waals surface area contributed by atoms with Gasteiger partial charge in [-0.05, 0) is 50.6 Å². The molecule has 2 aromatic carbocycles. The molecule has 1 saturated heterocycles. The molecule has 0 amide bonds. The van der Waals surface area contributed by atoms with Gasteiger partial charge in [0, 0.05) is 51.0 Å². The van der Waals surface area contributed by atoms with Crippen molar-refractivity contribution in [2.24, 2.45) is 4.99 Å². The van der Waals surface area contributed by atoms with Crippen molar-refractivity contribution in [2.75, 3.05) is 32.1 Å². The quantitative estimate of drug-likeness (QED) is 0.558. The molecule has 5 heteroatoms. The van der Waals surface area contributed by atoms with Gasteiger partial charge in [0.25, 0.3) is 0 Å². The standard InChI is InChI=1S/C24H35N5/c1-19(2)28(4)17-21-11-9-8-10-20(21)16-26-24(25-3)27-22-14-15-29(18-22)23-12-6-5-7-13-23/h5-13,19,22H,14-18H2,1-4H3,(H2,25,26,27). The first-order valence-corrected chi connectivity index (χ1v) is 10.6. The Bertz CT molecular complexity index is 787. The van der Waals surface area contributed by atoms with Gasteiger partial charge in [-0.15, -0.1) is 0 Å². The van der Waals surface area contributed by atoms with Gasteiger partial charge in [-0.1, -0.05) is 42.5 Å². The van der Waals surface area contributed by atoms with E-state index in [1.807, 2.05) is 7.05 Å². The fourth-order valence-corrected chi connectivity index (χ4v) is 3.65. The molecule has 3 rings (SSSR count). The van der Waals surface area contributed by atoms with Gasteiger partial charge in [0.1, 0.15) is 0 Å². The number of para-hydroxylation sites is 1. The second-order valence-electron chi connectivity index (χ2n) is 8.11. The summed E-state index contributed by atoms with van der Waals surface area (Å²) in [6, 6.07) is 20.2. The predicted octanol–water partition coefficient (Wildman–Crippen LogP) is 3.47. The fourth-order valence-electron chi connectivity index (χ4n) is 3.65. The predicted molar refractivity (Wildman–Crippen MR) is 123 cm³/mol. The Labute approximate surface area is 175 Å². The highest BCUT2D eigenvalue weighted by Gasteiger charge is 2.23. The van der Waals surface area contributed by atoms with Crippen LogP contribution in [0.5, 0.6) is 0 Å². The van der Waals surface area contributed by atoms with Gasteiger partial charge in [-0.2, -0.15) is 0 Å². The van der Waals surface area contributed by atoms with E-state index in [4.69, 9.17) is 0 Å². The van der Waals surface area contributed by atoms with E-state index in [0.29, 0.717) is 12.1 Å². The van der Waals surface area contributed by atoms with Gasteiger partial charge in [-0.3, -0.25) is 9.89 Å². The Balaban J connectivity index is 1.54. The van der Waals surface area contributed by atoms with Crippen LogP contribution in [0.2, 0.25) is 0 Å². The van der Waals surface area contributed by atoms with Gasteiger partial charge < -0.3 is 15.5 Å². The second kappa shape index (κ2) is 10.3. The lowest BCUT2D eigenvalue weighted by molar-refractivity contribution is 0.265. The molecule has 0 aromatic heterocycles. The molecule has 0 saturated carbocycles. The van der Waals surface area contributed by atoms with Crippen LogP contribution in [0.1, 0.15) is 31.4 Å². The van der Waals surface area contributed by atoms with Crippen molar-refractivity contribution in [2.45, 2.75) is 45.4 Å². The molecular weight excluding hydrogens is 358 g/mol. The molecule has 0 aliphatic carbocycles. The topological polar surface area (TPSA) is 42.9 Å². The molecule has 2 N–H and O–H groups in total. The van der Waals surface area contributed by atoms with E-state index >= 15 is 0 Å². The molecule has 156 valence electrons. The third-order valence-corrected chi connectivity index (χ3v) is 5.74. The summed E-state index contributed by atoms with van der Waals surface area (Å²) in [5.41, 5.74) is 3.98. The Kier molecular flexibility index (Phi) is 7.53. The minimum absolute atomic E-state index is 0.406. The first-order valence-electron chi connectivity index (χ1n) is 10.6. The van der Waals surface area contributed by atoms with E-state index in [1.54, 1.807) is 0 Å². The Morgan fingerprint density at radius 2 is 1.79 bits per heavy atom. The second-order valence-corrected chi connectivity index (χ2v) is 8.11. The molecule has 1 aliphatic rings. The summed E-state index contributed by atoms with van der Waals surface area (Å²) in [4.78, 5) is 9.24. The van der Waals surface area contributed by atoms with Crippen molar-refractivity contribution < 1.29 is 0 Å². The summed E-state index contributed by atoms with van der Waals surface area (Å²) in [6.07, 6.45) is 1.12. The van der Waals surface area contributed by atoms with E-state index in [-0.39, 0.29) is 0 Å². The number of hydrogen-bond acceptors (Lipinski definition) is 3. The minimum Gasteiger partial charge on any atom is -0.369 e. The van der Waals surface area contributed by atoms with E-state index in [2.05, 4.69) is 101 Å². The number of aliphatic imine (C=N–C) groups is 1. The smallest absolute Gasteiger partial charge is 0.191 e. The average molecular weight is 394 g/mol. The third kappa shape index (κ3) is 5.97. The normalized spacial score (nSPS) is 17.2. The molecule has 1 fully saturated rings. The number of hydrogen-bond donors (Lipinski definition) is 2. The van der Waals surface area contributed by atoms with Crippen LogP contribution < -0.4 is 15.5 Å². The number of guanidine groups is 1. The van der Waals surface area contributed by atoms with E-state index in [0.717, 1.165) is 38.6 Å². The molecule has 0 spiro atoms. The lowest BCUT2D eigenvalue weighted by atomic mass is 10.1. The summed E-state index contributed by atoms with van der Waals surface area (Å²) >= 11 is 0. The maximum atomic E-state index is 4.45.